The van der Waals surface area contributed by atoms with Crippen molar-refractivity contribution in [3.63, 3.8) is 0 Å². The van der Waals surface area contributed by atoms with Gasteiger partial charge in [0.15, 0.2) is 5.84 Å². The number of benzene rings is 1. The first-order valence-corrected chi connectivity index (χ1v) is 5.67. The number of nitrogens with two attached hydrogens (primary N) is 1. The maximum Gasteiger partial charge on any atom is 0.170 e. The van der Waals surface area contributed by atoms with Gasteiger partial charge in [-0.25, -0.2) is 4.98 Å². The minimum absolute atomic E-state index is 0.121. The molecule has 0 fully saturated rings. The molecule has 0 amide bonds. The molecule has 2 aromatic rings. The lowest BCUT2D eigenvalue weighted by Gasteiger charge is -2.06. The average molecular weight is 244 g/mol. The third-order valence-electron chi connectivity index (χ3n) is 3.06. The molecule has 1 aromatic heterocycles. The molecular formula is C13H16N4O. The molecule has 0 radical (unpaired) electrons. The van der Waals surface area contributed by atoms with Gasteiger partial charge in [-0.05, 0) is 19.4 Å². The zero-order chi connectivity index (χ0) is 13.1. The van der Waals surface area contributed by atoms with E-state index in [2.05, 4.69) is 14.7 Å². The summed E-state index contributed by atoms with van der Waals surface area (Å²) < 4.78 is 2.09. The maximum atomic E-state index is 8.58. The van der Waals surface area contributed by atoms with Gasteiger partial charge in [-0.3, -0.25) is 0 Å². The standard InChI is InChI=1S/C13H16N4O/c1-9-10(2)17(8-15-9)7-11-3-5-12(6-4-11)13(14)16-18/h3-6,8,18H,7H2,1-2H3,(H2,14,16). The molecule has 0 aliphatic heterocycles. The fraction of sp³-hybridized carbons (Fsp3) is 0.231. The first-order valence-electron chi connectivity index (χ1n) is 5.67. The van der Waals surface area contributed by atoms with Crippen molar-refractivity contribution in [3.05, 3.63) is 53.1 Å². The van der Waals surface area contributed by atoms with Crippen LogP contribution < -0.4 is 5.73 Å². The van der Waals surface area contributed by atoms with E-state index >= 15 is 0 Å². The summed E-state index contributed by atoms with van der Waals surface area (Å²) in [6, 6.07) is 7.59. The smallest absolute Gasteiger partial charge is 0.170 e. The van der Waals surface area contributed by atoms with E-state index in [0.29, 0.717) is 5.56 Å². The van der Waals surface area contributed by atoms with E-state index in [9.17, 15) is 0 Å². The van der Waals surface area contributed by atoms with E-state index in [1.165, 1.54) is 0 Å². The first-order chi connectivity index (χ1) is 8.61. The molecule has 0 aliphatic carbocycles. The Morgan fingerprint density at radius 2 is 2.00 bits per heavy atom. The highest BCUT2D eigenvalue weighted by Crippen LogP contribution is 2.10. The summed E-state index contributed by atoms with van der Waals surface area (Å²) in [5.74, 6) is 0.121. The number of aromatic nitrogens is 2. The molecule has 0 saturated heterocycles. The number of imidazole rings is 1. The molecule has 0 aliphatic rings. The van der Waals surface area contributed by atoms with Crippen LogP contribution in [0.25, 0.3) is 0 Å². The molecule has 1 heterocycles. The summed E-state index contributed by atoms with van der Waals surface area (Å²) in [6.45, 7) is 4.81. The number of hydrogen-bond acceptors (Lipinski definition) is 3. The van der Waals surface area contributed by atoms with Crippen LogP contribution in [0.2, 0.25) is 0 Å². The Balaban J connectivity index is 2.18. The van der Waals surface area contributed by atoms with Crippen molar-refractivity contribution >= 4 is 5.84 Å². The third kappa shape index (κ3) is 2.34. The van der Waals surface area contributed by atoms with Crippen LogP contribution in [0.15, 0.2) is 35.7 Å². The maximum absolute atomic E-state index is 8.58. The van der Waals surface area contributed by atoms with Crippen LogP contribution in [0.3, 0.4) is 0 Å². The molecular weight excluding hydrogens is 228 g/mol. The third-order valence-corrected chi connectivity index (χ3v) is 3.06. The number of nitrogens with zero attached hydrogens (tertiary/aromatic N) is 3. The second-order valence-electron chi connectivity index (χ2n) is 4.23. The molecule has 5 nitrogen and oxygen atoms in total. The number of aryl methyl sites for hydroxylation is 1. The Morgan fingerprint density at radius 1 is 1.33 bits per heavy atom. The monoisotopic (exact) mass is 244 g/mol. The number of amidine groups is 1. The van der Waals surface area contributed by atoms with E-state index in [-0.39, 0.29) is 5.84 Å². The van der Waals surface area contributed by atoms with Gasteiger partial charge in [-0.1, -0.05) is 29.4 Å². The molecule has 1 aromatic carbocycles. The van der Waals surface area contributed by atoms with Crippen molar-refractivity contribution in [1.29, 1.82) is 0 Å². The van der Waals surface area contributed by atoms with Crippen molar-refractivity contribution in [2.45, 2.75) is 20.4 Å². The fourth-order valence-electron chi connectivity index (χ4n) is 1.74. The molecule has 3 N–H and O–H groups in total. The quantitative estimate of drug-likeness (QED) is 0.373. The Bertz CT molecular complexity index is 569. The predicted octanol–water partition coefficient (Wildman–Crippen LogP) is 1.64. The predicted molar refractivity (Wildman–Crippen MR) is 69.8 cm³/mol. The molecule has 94 valence electrons. The molecule has 0 unspecified atom stereocenters. The van der Waals surface area contributed by atoms with Gasteiger partial charge in [-0.2, -0.15) is 0 Å². The van der Waals surface area contributed by atoms with E-state index in [4.69, 9.17) is 10.9 Å². The van der Waals surface area contributed by atoms with Crippen molar-refractivity contribution in [1.82, 2.24) is 9.55 Å². The van der Waals surface area contributed by atoms with Crippen LogP contribution in [0.1, 0.15) is 22.5 Å². The molecule has 0 saturated carbocycles. The van der Waals surface area contributed by atoms with E-state index in [1.54, 1.807) is 0 Å². The van der Waals surface area contributed by atoms with Crippen LogP contribution in [-0.4, -0.2) is 20.6 Å². The minimum Gasteiger partial charge on any atom is -0.409 e. The highest BCUT2D eigenvalue weighted by Gasteiger charge is 2.03. The SMILES string of the molecule is Cc1ncn(Cc2ccc(/C(N)=N/O)cc2)c1C. The van der Waals surface area contributed by atoms with E-state index in [1.807, 2.05) is 44.4 Å². The molecule has 5 heteroatoms. The summed E-state index contributed by atoms with van der Waals surface area (Å²) in [5, 5.41) is 11.6. The van der Waals surface area contributed by atoms with Gasteiger partial charge < -0.3 is 15.5 Å². The molecule has 2 rings (SSSR count). The van der Waals surface area contributed by atoms with Crippen LogP contribution in [0.4, 0.5) is 0 Å². The van der Waals surface area contributed by atoms with Crippen molar-refractivity contribution in [2.75, 3.05) is 0 Å². The van der Waals surface area contributed by atoms with Gasteiger partial charge in [0.25, 0.3) is 0 Å². The Morgan fingerprint density at radius 3 is 2.50 bits per heavy atom. The second kappa shape index (κ2) is 4.91. The summed E-state index contributed by atoms with van der Waals surface area (Å²) in [4.78, 5) is 4.26. The summed E-state index contributed by atoms with van der Waals surface area (Å²) in [6.07, 6.45) is 1.84. The molecule has 0 bridgehead atoms. The van der Waals surface area contributed by atoms with E-state index < -0.39 is 0 Å². The van der Waals surface area contributed by atoms with Crippen LogP contribution in [0, 0.1) is 13.8 Å². The van der Waals surface area contributed by atoms with E-state index in [0.717, 1.165) is 23.5 Å². The van der Waals surface area contributed by atoms with Crippen LogP contribution in [0.5, 0.6) is 0 Å². The van der Waals surface area contributed by atoms with Gasteiger partial charge in [-0.15, -0.1) is 0 Å². The largest absolute Gasteiger partial charge is 0.409 e. The fourth-order valence-corrected chi connectivity index (χ4v) is 1.74. The molecule has 0 atom stereocenters. The van der Waals surface area contributed by atoms with Crippen molar-refractivity contribution < 1.29 is 5.21 Å². The zero-order valence-electron chi connectivity index (χ0n) is 10.5. The van der Waals surface area contributed by atoms with Crippen LogP contribution in [-0.2, 0) is 6.54 Å². The highest BCUT2D eigenvalue weighted by molar-refractivity contribution is 5.96. The lowest BCUT2D eigenvalue weighted by atomic mass is 10.1. The number of hydrogen-bond donors (Lipinski definition) is 2. The van der Waals surface area contributed by atoms with Gasteiger partial charge in [0, 0.05) is 17.8 Å². The molecule has 18 heavy (non-hydrogen) atoms. The lowest BCUT2D eigenvalue weighted by Crippen LogP contribution is -2.13. The van der Waals surface area contributed by atoms with Gasteiger partial charge in [0.2, 0.25) is 0 Å². The summed E-state index contributed by atoms with van der Waals surface area (Å²) in [7, 11) is 0. The Hall–Kier alpha value is -2.30. The first kappa shape index (κ1) is 12.2. The summed E-state index contributed by atoms with van der Waals surface area (Å²) >= 11 is 0. The summed E-state index contributed by atoms with van der Waals surface area (Å²) in [5.41, 5.74) is 9.57. The van der Waals surface area contributed by atoms with Crippen molar-refractivity contribution in [2.24, 2.45) is 10.9 Å². The van der Waals surface area contributed by atoms with Crippen LogP contribution >= 0.6 is 0 Å². The second-order valence-corrected chi connectivity index (χ2v) is 4.23. The zero-order valence-corrected chi connectivity index (χ0v) is 10.5. The Kier molecular flexibility index (Phi) is 3.32. The average Bonchev–Trinajstić information content (AvgIpc) is 2.71. The Labute approximate surface area is 106 Å². The van der Waals surface area contributed by atoms with Crippen molar-refractivity contribution in [3.8, 4) is 0 Å². The lowest BCUT2D eigenvalue weighted by molar-refractivity contribution is 0.318. The van der Waals surface area contributed by atoms with Gasteiger partial charge >= 0.3 is 0 Å². The normalized spacial score (nSPS) is 11.8. The number of rotatable bonds is 3. The topological polar surface area (TPSA) is 76.4 Å². The molecule has 0 spiro atoms. The number of oxime groups is 1. The minimum atomic E-state index is 0.121. The van der Waals surface area contributed by atoms with Gasteiger partial charge in [0.05, 0.1) is 12.0 Å². The highest BCUT2D eigenvalue weighted by atomic mass is 16.4. The van der Waals surface area contributed by atoms with Gasteiger partial charge in [0.1, 0.15) is 0 Å².